The highest BCUT2D eigenvalue weighted by Crippen LogP contribution is 2.38. The molecule has 0 aliphatic carbocycles. The molecule has 39 heavy (non-hydrogen) atoms. The van der Waals surface area contributed by atoms with Crippen LogP contribution in [0.4, 0.5) is 11.4 Å². The van der Waals surface area contributed by atoms with E-state index in [-0.39, 0.29) is 70.2 Å². The lowest BCUT2D eigenvalue weighted by Gasteiger charge is -2.06. The lowest BCUT2D eigenvalue weighted by Crippen LogP contribution is -2.30. The highest BCUT2D eigenvalue weighted by Gasteiger charge is 2.25. The Balaban J connectivity index is 1.24. The van der Waals surface area contributed by atoms with Crippen molar-refractivity contribution in [3.05, 3.63) is 54.5 Å². The summed E-state index contributed by atoms with van der Waals surface area (Å²) < 4.78 is 16.4. The number of carbonyl (C=O) groups excluding carboxylic acids is 2. The van der Waals surface area contributed by atoms with Crippen molar-refractivity contribution in [1.29, 1.82) is 0 Å². The number of nitro groups is 2. The number of benzene rings is 2. The van der Waals surface area contributed by atoms with E-state index in [1.165, 1.54) is 26.4 Å². The van der Waals surface area contributed by atoms with E-state index in [9.17, 15) is 29.8 Å². The number of hydrogen-bond donors (Lipinski definition) is 2. The first kappa shape index (κ1) is 27.6. The van der Waals surface area contributed by atoms with Gasteiger partial charge in [-0.3, -0.25) is 29.8 Å². The van der Waals surface area contributed by atoms with Gasteiger partial charge in [-0.2, -0.15) is 0 Å². The van der Waals surface area contributed by atoms with Crippen LogP contribution in [0, 0.1) is 20.2 Å². The van der Waals surface area contributed by atoms with E-state index in [0.717, 1.165) is 22.7 Å². The molecule has 17 heteroatoms. The minimum Gasteiger partial charge on any atom is -0.490 e. The van der Waals surface area contributed by atoms with E-state index >= 15 is 0 Å². The summed E-state index contributed by atoms with van der Waals surface area (Å²) in [4.78, 5) is 54.7. The largest absolute Gasteiger partial charge is 0.490 e. The summed E-state index contributed by atoms with van der Waals surface area (Å²) in [5, 5.41) is 28.2. The molecule has 0 bridgehead atoms. The quantitative estimate of drug-likeness (QED) is 0.143. The van der Waals surface area contributed by atoms with Crippen LogP contribution in [0.3, 0.4) is 0 Å². The second-order valence-corrected chi connectivity index (χ2v) is 9.66. The lowest BCUT2D eigenvalue weighted by atomic mass is 10.2. The van der Waals surface area contributed by atoms with Gasteiger partial charge in [-0.1, -0.05) is 0 Å². The number of amides is 2. The predicted molar refractivity (Wildman–Crippen MR) is 141 cm³/mol. The molecule has 4 aromatic rings. The fourth-order valence-corrected chi connectivity index (χ4v) is 5.30. The molecule has 0 radical (unpaired) electrons. The SMILES string of the molecule is COc1ccc2sc(C(=O)NCCOCCNC(=O)c3nc4c([N+](=O)[O-])c(OC)ccc4s3)nc2c1[N+](=O)[O-]. The number of nitro benzene ring substituents is 2. The summed E-state index contributed by atoms with van der Waals surface area (Å²) in [6.07, 6.45) is 0. The summed E-state index contributed by atoms with van der Waals surface area (Å²) in [6.45, 7) is 0.538. The number of nitrogens with one attached hydrogen (secondary N) is 2. The summed E-state index contributed by atoms with van der Waals surface area (Å²) in [6, 6.07) is 6.09. The number of rotatable bonds is 12. The summed E-state index contributed by atoms with van der Waals surface area (Å²) in [5.74, 6) is -0.921. The molecule has 204 valence electrons. The minimum atomic E-state index is -0.604. The smallest absolute Gasteiger partial charge is 0.337 e. The zero-order valence-corrected chi connectivity index (χ0v) is 22.1. The number of ether oxygens (including phenoxy) is 3. The van der Waals surface area contributed by atoms with Gasteiger partial charge in [0, 0.05) is 13.1 Å². The molecule has 0 saturated carbocycles. The second-order valence-electron chi connectivity index (χ2n) is 7.60. The van der Waals surface area contributed by atoms with E-state index in [1.54, 1.807) is 12.1 Å². The molecule has 0 aliphatic rings. The van der Waals surface area contributed by atoms with Crippen LogP contribution in [-0.4, -0.2) is 72.2 Å². The number of methoxy groups -OCH3 is 2. The Labute approximate surface area is 227 Å². The van der Waals surface area contributed by atoms with Gasteiger partial charge in [-0.15, -0.1) is 22.7 Å². The van der Waals surface area contributed by atoms with E-state index in [0.29, 0.717) is 9.40 Å². The molecule has 2 aromatic carbocycles. The van der Waals surface area contributed by atoms with Crippen molar-refractivity contribution in [2.75, 3.05) is 40.5 Å². The van der Waals surface area contributed by atoms with Crippen molar-refractivity contribution >= 4 is 66.3 Å². The van der Waals surface area contributed by atoms with Gasteiger partial charge in [0.2, 0.25) is 0 Å². The van der Waals surface area contributed by atoms with E-state index in [4.69, 9.17) is 14.2 Å². The van der Waals surface area contributed by atoms with Crippen molar-refractivity contribution < 1.29 is 33.6 Å². The third-order valence-corrected chi connectivity index (χ3v) is 7.29. The normalized spacial score (nSPS) is 10.9. The van der Waals surface area contributed by atoms with Gasteiger partial charge in [-0.05, 0) is 24.3 Å². The number of carbonyl (C=O) groups is 2. The number of nitrogens with zero attached hydrogens (tertiary/aromatic N) is 4. The van der Waals surface area contributed by atoms with Crippen LogP contribution in [0.25, 0.3) is 20.4 Å². The molecular formula is C22H20N6O9S2. The number of fused-ring (bicyclic) bond motifs is 2. The second kappa shape index (κ2) is 11.9. The van der Waals surface area contributed by atoms with Crippen LogP contribution < -0.4 is 20.1 Å². The Morgan fingerprint density at radius 3 is 1.56 bits per heavy atom. The first-order valence-corrected chi connectivity index (χ1v) is 12.8. The molecule has 0 fully saturated rings. The van der Waals surface area contributed by atoms with Gasteiger partial charge >= 0.3 is 11.4 Å². The van der Waals surface area contributed by atoms with Crippen LogP contribution in [-0.2, 0) is 4.74 Å². The van der Waals surface area contributed by atoms with Crippen molar-refractivity contribution in [1.82, 2.24) is 20.6 Å². The van der Waals surface area contributed by atoms with Crippen molar-refractivity contribution in [3.63, 3.8) is 0 Å². The molecule has 15 nitrogen and oxygen atoms in total. The van der Waals surface area contributed by atoms with Crippen molar-refractivity contribution in [3.8, 4) is 11.5 Å². The van der Waals surface area contributed by atoms with Crippen LogP contribution in [0.5, 0.6) is 11.5 Å². The van der Waals surface area contributed by atoms with Crippen LogP contribution in [0.1, 0.15) is 19.6 Å². The van der Waals surface area contributed by atoms with Crippen molar-refractivity contribution in [2.45, 2.75) is 0 Å². The van der Waals surface area contributed by atoms with E-state index in [1.807, 2.05) is 0 Å². The van der Waals surface area contributed by atoms with Gasteiger partial charge in [0.1, 0.15) is 0 Å². The Hall–Kier alpha value is -4.48. The standard InChI is InChI=1S/C22H20N6O9S2/c1-35-11-3-5-13-15(17(11)27(31)32)25-21(38-13)19(29)23-7-9-37-10-8-24-20(30)22-26-16-14(39-22)6-4-12(36-2)18(16)28(33)34/h3-6H,7-10H2,1-2H3,(H,23,29)(H,24,30). The average molecular weight is 577 g/mol. The molecule has 2 aromatic heterocycles. The highest BCUT2D eigenvalue weighted by atomic mass is 32.1. The fraction of sp³-hybridized carbons (Fsp3) is 0.273. The van der Waals surface area contributed by atoms with Gasteiger partial charge in [-0.25, -0.2) is 9.97 Å². The number of thiazole rings is 2. The summed E-state index contributed by atoms with van der Waals surface area (Å²) >= 11 is 2.03. The van der Waals surface area contributed by atoms with E-state index in [2.05, 4.69) is 20.6 Å². The third-order valence-electron chi connectivity index (χ3n) is 5.25. The Morgan fingerprint density at radius 2 is 1.21 bits per heavy atom. The van der Waals surface area contributed by atoms with Gasteiger partial charge in [0.25, 0.3) is 11.8 Å². The number of aromatic nitrogens is 2. The van der Waals surface area contributed by atoms with Crippen LogP contribution in [0.2, 0.25) is 0 Å². The van der Waals surface area contributed by atoms with Crippen molar-refractivity contribution in [2.24, 2.45) is 0 Å². The molecule has 2 heterocycles. The average Bonchev–Trinajstić information content (AvgIpc) is 3.55. The minimum absolute atomic E-state index is 0.0509. The Kier molecular flexibility index (Phi) is 8.43. The fourth-order valence-electron chi connectivity index (χ4n) is 3.53. The zero-order valence-electron chi connectivity index (χ0n) is 20.4. The maximum absolute atomic E-state index is 12.4. The molecule has 2 N–H and O–H groups in total. The van der Waals surface area contributed by atoms with Gasteiger partial charge in [0.15, 0.2) is 32.5 Å². The Bertz CT molecular complexity index is 1470. The van der Waals surface area contributed by atoms with Crippen LogP contribution >= 0.6 is 22.7 Å². The van der Waals surface area contributed by atoms with Gasteiger partial charge in [0.05, 0.1) is 46.7 Å². The third kappa shape index (κ3) is 5.84. The first-order valence-electron chi connectivity index (χ1n) is 11.1. The molecule has 0 atom stereocenters. The zero-order chi connectivity index (χ0) is 28.1. The molecule has 0 unspecified atom stereocenters. The molecule has 0 spiro atoms. The summed E-state index contributed by atoms with van der Waals surface area (Å²) in [5.41, 5.74) is -0.467. The maximum Gasteiger partial charge on any atom is 0.337 e. The molecule has 0 saturated heterocycles. The molecule has 2 amide bonds. The van der Waals surface area contributed by atoms with E-state index < -0.39 is 21.7 Å². The predicted octanol–water partition coefficient (Wildman–Crippen LogP) is 2.92. The first-order chi connectivity index (χ1) is 18.7. The maximum atomic E-state index is 12.4. The molecule has 0 aliphatic heterocycles. The molecule has 4 rings (SSSR count). The number of hydrogen-bond acceptors (Lipinski definition) is 13. The monoisotopic (exact) mass is 576 g/mol. The Morgan fingerprint density at radius 1 is 0.795 bits per heavy atom. The molecular weight excluding hydrogens is 556 g/mol. The lowest BCUT2D eigenvalue weighted by molar-refractivity contribution is -0.384. The summed E-state index contributed by atoms with van der Waals surface area (Å²) in [7, 11) is 2.62. The van der Waals surface area contributed by atoms with Gasteiger partial charge < -0.3 is 24.8 Å². The van der Waals surface area contributed by atoms with Crippen LogP contribution in [0.15, 0.2) is 24.3 Å². The topological polar surface area (TPSA) is 198 Å². The highest BCUT2D eigenvalue weighted by molar-refractivity contribution is 7.20.